The lowest BCUT2D eigenvalue weighted by atomic mass is 10.0. The Balaban J connectivity index is 0.00000249. The predicted molar refractivity (Wildman–Crippen MR) is 117 cm³/mol. The van der Waals surface area contributed by atoms with Crippen molar-refractivity contribution in [3.8, 4) is 11.8 Å². The molecule has 2 aromatic carbocycles. The first-order valence-electron chi connectivity index (χ1n) is 9.29. The number of hydrogen-bond donors (Lipinski definition) is 1. The van der Waals surface area contributed by atoms with Crippen LogP contribution < -0.4 is 10.1 Å². The lowest BCUT2D eigenvalue weighted by Gasteiger charge is -2.13. The average molecular weight is 450 g/mol. The first-order valence-corrected chi connectivity index (χ1v) is 9.29. The molecule has 0 fully saturated rings. The van der Waals surface area contributed by atoms with Gasteiger partial charge in [0.05, 0.1) is 0 Å². The van der Waals surface area contributed by atoms with Crippen molar-refractivity contribution in [3.63, 3.8) is 0 Å². The minimum Gasteiger partial charge on any atom is -0.406 e. The standard InChI is InChI=1S/C22H19F5N2O.C2H4/c1-14(20(13-28)29-3)17-9-16(11-19(12-17)30-22(25,26)27)8-7-15-5-4-6-18(10-15)21(2,23)24;1-2/h4-12,29H,1-3H3;1-2H2/b8-7+,20-14+;. The summed E-state index contributed by atoms with van der Waals surface area (Å²) in [5.41, 5.74) is 1.58. The van der Waals surface area contributed by atoms with Crippen molar-refractivity contribution in [3.05, 3.63) is 83.6 Å². The zero-order valence-electron chi connectivity index (χ0n) is 17.9. The van der Waals surface area contributed by atoms with Gasteiger partial charge in [-0.2, -0.15) is 5.26 Å². The van der Waals surface area contributed by atoms with Crippen LogP contribution in [0.25, 0.3) is 17.7 Å². The molecule has 0 aliphatic heterocycles. The third kappa shape index (κ3) is 7.91. The van der Waals surface area contributed by atoms with Crippen molar-refractivity contribution >= 4 is 17.7 Å². The number of alkyl halides is 5. The first kappa shape index (κ1) is 26.4. The van der Waals surface area contributed by atoms with Gasteiger partial charge < -0.3 is 10.1 Å². The Kier molecular flexibility index (Phi) is 9.20. The zero-order chi connectivity index (χ0) is 24.5. The molecule has 0 radical (unpaired) electrons. The van der Waals surface area contributed by atoms with Crippen LogP contribution in [0.5, 0.6) is 5.75 Å². The summed E-state index contributed by atoms with van der Waals surface area (Å²) < 4.78 is 69.2. The quantitative estimate of drug-likeness (QED) is 0.220. The van der Waals surface area contributed by atoms with Gasteiger partial charge in [-0.05, 0) is 53.5 Å². The van der Waals surface area contributed by atoms with Gasteiger partial charge in [-0.3, -0.25) is 0 Å². The molecule has 0 unspecified atom stereocenters. The molecule has 8 heteroatoms. The Morgan fingerprint density at radius 2 is 1.66 bits per heavy atom. The maximum absolute atomic E-state index is 13.5. The lowest BCUT2D eigenvalue weighted by molar-refractivity contribution is -0.274. The van der Waals surface area contributed by atoms with Crippen LogP contribution in [-0.4, -0.2) is 13.4 Å². The van der Waals surface area contributed by atoms with E-state index in [1.54, 1.807) is 19.1 Å². The van der Waals surface area contributed by atoms with E-state index < -0.39 is 18.0 Å². The summed E-state index contributed by atoms with van der Waals surface area (Å²) in [4.78, 5) is 0. The highest BCUT2D eigenvalue weighted by Gasteiger charge is 2.31. The fourth-order valence-electron chi connectivity index (χ4n) is 2.71. The molecule has 0 aromatic heterocycles. The van der Waals surface area contributed by atoms with Crippen LogP contribution in [0.2, 0.25) is 0 Å². The van der Waals surface area contributed by atoms with Gasteiger partial charge in [-0.25, -0.2) is 8.78 Å². The topological polar surface area (TPSA) is 45.0 Å². The maximum Gasteiger partial charge on any atom is 0.573 e. The number of halogens is 5. The fraction of sp³-hybridized carbons (Fsp3) is 0.208. The highest BCUT2D eigenvalue weighted by Crippen LogP contribution is 2.30. The van der Waals surface area contributed by atoms with Crippen LogP contribution in [-0.2, 0) is 5.92 Å². The van der Waals surface area contributed by atoms with E-state index in [4.69, 9.17) is 5.26 Å². The summed E-state index contributed by atoms with van der Waals surface area (Å²) in [5, 5.41) is 11.9. The van der Waals surface area contributed by atoms with Gasteiger partial charge in [-0.15, -0.1) is 26.3 Å². The highest BCUT2D eigenvalue weighted by molar-refractivity contribution is 5.76. The molecule has 0 saturated heterocycles. The van der Waals surface area contributed by atoms with E-state index in [1.165, 1.54) is 49.5 Å². The van der Waals surface area contributed by atoms with Gasteiger partial charge in [0.15, 0.2) is 0 Å². The summed E-state index contributed by atoms with van der Waals surface area (Å²) in [7, 11) is 1.52. The van der Waals surface area contributed by atoms with Gasteiger partial charge >= 0.3 is 6.36 Å². The second-order valence-electron chi connectivity index (χ2n) is 6.55. The molecule has 1 N–H and O–H groups in total. The van der Waals surface area contributed by atoms with Crippen molar-refractivity contribution in [1.82, 2.24) is 5.32 Å². The monoisotopic (exact) mass is 450 g/mol. The number of benzene rings is 2. The molecule has 0 saturated carbocycles. The van der Waals surface area contributed by atoms with E-state index in [0.717, 1.165) is 6.92 Å². The minimum absolute atomic E-state index is 0.175. The number of rotatable bonds is 6. The number of allylic oxidation sites excluding steroid dienone is 2. The Morgan fingerprint density at radius 3 is 2.19 bits per heavy atom. The normalized spacial score (nSPS) is 12.3. The smallest absolute Gasteiger partial charge is 0.406 e. The van der Waals surface area contributed by atoms with Crippen molar-refractivity contribution in [1.29, 1.82) is 5.26 Å². The molecule has 2 aromatic rings. The molecule has 0 atom stereocenters. The first-order chi connectivity index (χ1) is 14.9. The van der Waals surface area contributed by atoms with Gasteiger partial charge in [0.25, 0.3) is 5.92 Å². The molecule has 0 aliphatic rings. The van der Waals surface area contributed by atoms with Crippen LogP contribution >= 0.6 is 0 Å². The summed E-state index contributed by atoms with van der Waals surface area (Å²) in [6, 6.07) is 11.5. The molecule has 0 bridgehead atoms. The highest BCUT2D eigenvalue weighted by atomic mass is 19.4. The Bertz CT molecular complexity index is 1030. The number of nitriles is 1. The molecular weight excluding hydrogens is 427 g/mol. The number of nitrogens with zero attached hydrogens (tertiary/aromatic N) is 1. The molecular formula is C24H23F5N2O. The number of hydrogen-bond acceptors (Lipinski definition) is 3. The molecule has 3 nitrogen and oxygen atoms in total. The molecule has 2 rings (SSSR count). The van der Waals surface area contributed by atoms with Gasteiger partial charge in [0, 0.05) is 19.5 Å². The lowest BCUT2D eigenvalue weighted by Crippen LogP contribution is -2.17. The van der Waals surface area contributed by atoms with E-state index in [0.29, 0.717) is 22.3 Å². The van der Waals surface area contributed by atoms with Gasteiger partial charge in [-0.1, -0.05) is 30.4 Å². The van der Waals surface area contributed by atoms with E-state index in [-0.39, 0.29) is 11.3 Å². The van der Waals surface area contributed by atoms with Crippen molar-refractivity contribution in [2.45, 2.75) is 26.1 Å². The van der Waals surface area contributed by atoms with Crippen molar-refractivity contribution < 1.29 is 26.7 Å². The zero-order valence-corrected chi connectivity index (χ0v) is 17.9. The van der Waals surface area contributed by atoms with E-state index in [2.05, 4.69) is 23.2 Å². The van der Waals surface area contributed by atoms with Crippen LogP contribution in [0.4, 0.5) is 22.0 Å². The van der Waals surface area contributed by atoms with E-state index in [9.17, 15) is 22.0 Å². The summed E-state index contributed by atoms with van der Waals surface area (Å²) >= 11 is 0. The fourth-order valence-corrected chi connectivity index (χ4v) is 2.71. The van der Waals surface area contributed by atoms with Gasteiger partial charge in [0.2, 0.25) is 0 Å². The van der Waals surface area contributed by atoms with Crippen molar-refractivity contribution in [2.75, 3.05) is 7.05 Å². The average Bonchev–Trinajstić information content (AvgIpc) is 2.73. The third-order valence-corrected chi connectivity index (χ3v) is 4.19. The summed E-state index contributed by atoms with van der Waals surface area (Å²) in [6.07, 6.45) is -1.90. The van der Waals surface area contributed by atoms with Gasteiger partial charge in [0.1, 0.15) is 17.5 Å². The number of ether oxygens (including phenoxy) is 1. The van der Waals surface area contributed by atoms with Crippen LogP contribution in [0.3, 0.4) is 0 Å². The summed E-state index contributed by atoms with van der Waals surface area (Å²) in [6.45, 7) is 8.37. The molecule has 0 amide bonds. The maximum atomic E-state index is 13.5. The molecule has 32 heavy (non-hydrogen) atoms. The Hall–Kier alpha value is -3.60. The molecule has 0 heterocycles. The van der Waals surface area contributed by atoms with Crippen LogP contribution in [0.1, 0.15) is 36.1 Å². The SMILES string of the molecule is C=C.CN/C(C#N)=C(\C)c1cc(/C=C/c2cccc(C(C)(F)F)c2)cc(OC(F)(F)F)c1. The van der Waals surface area contributed by atoms with E-state index in [1.807, 2.05) is 6.07 Å². The van der Waals surface area contributed by atoms with Crippen LogP contribution in [0, 0.1) is 11.3 Å². The third-order valence-electron chi connectivity index (χ3n) is 4.19. The Morgan fingerprint density at radius 1 is 1.03 bits per heavy atom. The van der Waals surface area contributed by atoms with Crippen molar-refractivity contribution in [2.24, 2.45) is 0 Å². The molecule has 170 valence electrons. The van der Waals surface area contributed by atoms with E-state index >= 15 is 0 Å². The largest absolute Gasteiger partial charge is 0.573 e. The second kappa shape index (κ2) is 11.1. The van der Waals surface area contributed by atoms with Crippen LogP contribution in [0.15, 0.2) is 61.3 Å². The molecule has 0 aliphatic carbocycles. The predicted octanol–water partition coefficient (Wildman–Crippen LogP) is 7.14. The number of nitrogens with one attached hydrogen (secondary N) is 1. The minimum atomic E-state index is -4.89. The Labute approximate surface area is 184 Å². The molecule has 0 spiro atoms. The second-order valence-corrected chi connectivity index (χ2v) is 6.55. The summed E-state index contributed by atoms with van der Waals surface area (Å²) in [5.74, 6) is -3.47.